The van der Waals surface area contributed by atoms with Gasteiger partial charge in [-0.2, -0.15) is 0 Å². The number of carbonyl (C=O) groups excluding carboxylic acids is 2. The van der Waals surface area contributed by atoms with Gasteiger partial charge in [0.25, 0.3) is 5.91 Å². The van der Waals surface area contributed by atoms with Crippen molar-refractivity contribution >= 4 is 35.1 Å². The van der Waals surface area contributed by atoms with E-state index in [9.17, 15) is 9.59 Å². The monoisotopic (exact) mass is 393 g/mol. The van der Waals surface area contributed by atoms with E-state index in [1.54, 1.807) is 0 Å². The van der Waals surface area contributed by atoms with Gasteiger partial charge in [0.05, 0.1) is 15.6 Å². The number of esters is 1. The van der Waals surface area contributed by atoms with Crippen LogP contribution in [0.25, 0.3) is 0 Å². The van der Waals surface area contributed by atoms with Crippen molar-refractivity contribution in [1.82, 2.24) is 5.32 Å². The van der Waals surface area contributed by atoms with Gasteiger partial charge in [-0.3, -0.25) is 4.79 Å². The molecular formula is C20H21Cl2NO3. The summed E-state index contributed by atoms with van der Waals surface area (Å²) in [5.74, 6) is -0.956. The highest BCUT2D eigenvalue weighted by Gasteiger charge is 2.20. The zero-order chi connectivity index (χ0) is 19.1. The fourth-order valence-corrected chi connectivity index (χ4v) is 2.66. The Bertz CT molecular complexity index is 765. The fraction of sp³-hybridized carbons (Fsp3) is 0.300. The molecule has 0 saturated heterocycles. The quantitative estimate of drug-likeness (QED) is 0.694. The van der Waals surface area contributed by atoms with Crippen molar-refractivity contribution in [2.24, 2.45) is 0 Å². The van der Waals surface area contributed by atoms with Crippen LogP contribution in [0.2, 0.25) is 10.0 Å². The molecule has 4 nitrogen and oxygen atoms in total. The second-order valence-corrected chi connectivity index (χ2v) is 6.92. The normalized spacial score (nSPS) is 12.9. The molecule has 0 fully saturated rings. The van der Waals surface area contributed by atoms with Gasteiger partial charge in [0.2, 0.25) is 0 Å². The molecular weight excluding hydrogens is 373 g/mol. The Balaban J connectivity index is 1.82. The summed E-state index contributed by atoms with van der Waals surface area (Å²) in [7, 11) is 0. The number of ether oxygens (including phenoxy) is 1. The highest BCUT2D eigenvalue weighted by atomic mass is 35.5. The van der Waals surface area contributed by atoms with E-state index in [0.29, 0.717) is 5.02 Å². The van der Waals surface area contributed by atoms with E-state index in [1.807, 2.05) is 25.1 Å². The maximum atomic E-state index is 12.2. The van der Waals surface area contributed by atoms with E-state index in [1.165, 1.54) is 30.7 Å². The molecule has 26 heavy (non-hydrogen) atoms. The summed E-state index contributed by atoms with van der Waals surface area (Å²) in [6, 6.07) is 14.4. The standard InChI is InChI=1S/C20H21Cl2NO3/c1-13(8-9-15-6-4-3-5-7-15)23-19(24)14(2)26-20(25)16-10-11-17(21)18(22)12-16/h3-7,10-14H,8-9H2,1-2H3,(H,23,24)/t13-,14+/m0/s1. The first-order valence-corrected chi connectivity index (χ1v) is 9.12. The third-order valence-corrected chi connectivity index (χ3v) is 4.64. The van der Waals surface area contributed by atoms with Gasteiger partial charge in [0.15, 0.2) is 6.10 Å². The largest absolute Gasteiger partial charge is 0.449 e. The number of halogens is 2. The van der Waals surface area contributed by atoms with Crippen LogP contribution in [0.15, 0.2) is 48.5 Å². The molecule has 0 spiro atoms. The van der Waals surface area contributed by atoms with Crippen molar-refractivity contribution in [3.63, 3.8) is 0 Å². The number of hydrogen-bond acceptors (Lipinski definition) is 3. The first-order valence-electron chi connectivity index (χ1n) is 8.37. The van der Waals surface area contributed by atoms with Crippen LogP contribution in [-0.2, 0) is 16.0 Å². The molecule has 0 radical (unpaired) electrons. The molecule has 0 unspecified atom stereocenters. The topological polar surface area (TPSA) is 55.4 Å². The maximum absolute atomic E-state index is 12.2. The number of aryl methyl sites for hydroxylation is 1. The molecule has 2 aromatic carbocycles. The van der Waals surface area contributed by atoms with Crippen molar-refractivity contribution in [1.29, 1.82) is 0 Å². The number of carbonyl (C=O) groups is 2. The average Bonchev–Trinajstić information content (AvgIpc) is 2.63. The van der Waals surface area contributed by atoms with E-state index in [4.69, 9.17) is 27.9 Å². The Morgan fingerprint density at radius 3 is 2.38 bits per heavy atom. The Morgan fingerprint density at radius 2 is 1.73 bits per heavy atom. The summed E-state index contributed by atoms with van der Waals surface area (Å²) in [6.07, 6.45) is 0.749. The molecule has 1 N–H and O–H groups in total. The van der Waals surface area contributed by atoms with Gasteiger partial charge in [-0.05, 0) is 50.5 Å². The number of rotatable bonds is 7. The number of amides is 1. The van der Waals surface area contributed by atoms with Crippen molar-refractivity contribution < 1.29 is 14.3 Å². The third-order valence-electron chi connectivity index (χ3n) is 3.91. The molecule has 0 bridgehead atoms. The molecule has 2 aromatic rings. The zero-order valence-corrected chi connectivity index (χ0v) is 16.2. The van der Waals surface area contributed by atoms with Gasteiger partial charge in [0, 0.05) is 6.04 Å². The third kappa shape index (κ3) is 6.04. The Hall–Kier alpha value is -2.04. The summed E-state index contributed by atoms with van der Waals surface area (Å²) in [5.41, 5.74) is 1.46. The molecule has 0 aromatic heterocycles. The minimum Gasteiger partial charge on any atom is -0.449 e. The van der Waals surface area contributed by atoms with Crippen molar-refractivity contribution in [3.8, 4) is 0 Å². The smallest absolute Gasteiger partial charge is 0.338 e. The predicted molar refractivity (Wildman–Crippen MR) is 104 cm³/mol. The Kier molecular flexibility index (Phi) is 7.49. The Labute approximate surface area is 163 Å². The van der Waals surface area contributed by atoms with Crippen molar-refractivity contribution in [2.45, 2.75) is 38.8 Å². The van der Waals surface area contributed by atoms with E-state index in [2.05, 4.69) is 17.4 Å². The van der Waals surface area contributed by atoms with Crippen molar-refractivity contribution in [3.05, 3.63) is 69.7 Å². The first kappa shape index (κ1) is 20.3. The molecule has 2 atom stereocenters. The molecule has 0 aliphatic rings. The van der Waals surface area contributed by atoms with Crippen molar-refractivity contribution in [2.75, 3.05) is 0 Å². The molecule has 6 heteroatoms. The van der Waals surface area contributed by atoms with Gasteiger partial charge in [-0.15, -0.1) is 0 Å². The van der Waals surface area contributed by atoms with E-state index in [-0.39, 0.29) is 22.5 Å². The van der Waals surface area contributed by atoms with Gasteiger partial charge in [0.1, 0.15) is 0 Å². The van der Waals surface area contributed by atoms with Gasteiger partial charge in [-0.1, -0.05) is 53.5 Å². The summed E-state index contributed by atoms with van der Waals surface area (Å²) < 4.78 is 5.20. The first-order chi connectivity index (χ1) is 12.4. The van der Waals surface area contributed by atoms with E-state index >= 15 is 0 Å². The number of nitrogens with one attached hydrogen (secondary N) is 1. The molecule has 0 heterocycles. The van der Waals surface area contributed by atoms with Crippen LogP contribution >= 0.6 is 23.2 Å². The van der Waals surface area contributed by atoms with Crippen LogP contribution in [-0.4, -0.2) is 24.0 Å². The fourth-order valence-electron chi connectivity index (χ4n) is 2.37. The van der Waals surface area contributed by atoms with Crippen LogP contribution in [0.4, 0.5) is 0 Å². The molecule has 138 valence electrons. The molecule has 2 rings (SSSR count). The summed E-state index contributed by atoms with van der Waals surface area (Å²) in [4.78, 5) is 24.3. The van der Waals surface area contributed by atoms with Crippen LogP contribution in [0.5, 0.6) is 0 Å². The predicted octanol–water partition coefficient (Wildman–Crippen LogP) is 4.68. The lowest BCUT2D eigenvalue weighted by Crippen LogP contribution is -2.41. The average molecular weight is 394 g/mol. The Morgan fingerprint density at radius 1 is 1.04 bits per heavy atom. The second kappa shape index (κ2) is 9.60. The van der Waals surface area contributed by atoms with Gasteiger partial charge >= 0.3 is 5.97 Å². The SMILES string of the molecule is C[C@@H](CCc1ccccc1)NC(=O)[C@@H](C)OC(=O)c1ccc(Cl)c(Cl)c1. The van der Waals surface area contributed by atoms with Gasteiger partial charge < -0.3 is 10.1 Å². The highest BCUT2D eigenvalue weighted by Crippen LogP contribution is 2.23. The molecule has 0 aliphatic heterocycles. The second-order valence-electron chi connectivity index (χ2n) is 6.11. The zero-order valence-electron chi connectivity index (χ0n) is 14.7. The summed E-state index contributed by atoms with van der Waals surface area (Å²) in [5, 5.41) is 3.47. The molecule has 0 saturated carbocycles. The number of hydrogen-bond donors (Lipinski definition) is 1. The highest BCUT2D eigenvalue weighted by molar-refractivity contribution is 6.42. The van der Waals surface area contributed by atoms with Crippen LogP contribution < -0.4 is 5.32 Å². The van der Waals surface area contributed by atoms with Crippen LogP contribution in [0, 0.1) is 0 Å². The van der Waals surface area contributed by atoms with Crippen LogP contribution in [0.1, 0.15) is 36.2 Å². The summed E-state index contributed by atoms with van der Waals surface area (Å²) in [6.45, 7) is 3.46. The molecule has 0 aliphatic carbocycles. The number of benzene rings is 2. The van der Waals surface area contributed by atoms with Gasteiger partial charge in [-0.25, -0.2) is 4.79 Å². The lowest BCUT2D eigenvalue weighted by Gasteiger charge is -2.18. The summed E-state index contributed by atoms with van der Waals surface area (Å²) >= 11 is 11.7. The lowest BCUT2D eigenvalue weighted by molar-refractivity contribution is -0.129. The lowest BCUT2D eigenvalue weighted by atomic mass is 10.1. The minimum absolute atomic E-state index is 0.0335. The van der Waals surface area contributed by atoms with E-state index in [0.717, 1.165) is 12.8 Å². The minimum atomic E-state index is -0.906. The van der Waals surface area contributed by atoms with Crippen LogP contribution in [0.3, 0.4) is 0 Å². The van der Waals surface area contributed by atoms with E-state index < -0.39 is 12.1 Å². The maximum Gasteiger partial charge on any atom is 0.338 e. The molecule has 1 amide bonds.